The summed E-state index contributed by atoms with van der Waals surface area (Å²) >= 11 is 7.99. The summed E-state index contributed by atoms with van der Waals surface area (Å²) in [6.45, 7) is 14.5. The fourth-order valence-electron chi connectivity index (χ4n) is 7.59. The van der Waals surface area contributed by atoms with Crippen molar-refractivity contribution in [1.29, 1.82) is 0 Å². The number of nitrogens with zero attached hydrogens (tertiary/aromatic N) is 4. The van der Waals surface area contributed by atoms with Crippen LogP contribution in [-0.4, -0.2) is 70.1 Å². The molecule has 258 valence electrons. The Kier molecular flexibility index (Phi) is 9.58. The van der Waals surface area contributed by atoms with Crippen molar-refractivity contribution >= 4 is 50.0 Å². The number of piperidine rings is 1. The van der Waals surface area contributed by atoms with Crippen molar-refractivity contribution in [3.05, 3.63) is 70.4 Å². The zero-order valence-corrected chi connectivity index (χ0v) is 30.9. The number of halogens is 1. The minimum absolute atomic E-state index is 0.265. The molecule has 3 aromatic carbocycles. The fraction of sp³-hybridized carbons (Fsp3) is 0.462. The molecule has 0 amide bonds. The maximum atomic E-state index is 13.6. The first-order chi connectivity index (χ1) is 23.5. The van der Waals surface area contributed by atoms with Gasteiger partial charge in [0.15, 0.2) is 6.10 Å². The molecule has 10 heteroatoms. The Labute approximate surface area is 297 Å². The molecule has 0 radical (unpaired) electrons. The highest BCUT2D eigenvalue weighted by Gasteiger charge is 2.34. The van der Waals surface area contributed by atoms with E-state index in [0.29, 0.717) is 17.0 Å². The smallest absolute Gasteiger partial charge is 0.339 e. The second-order valence-corrected chi connectivity index (χ2v) is 15.9. The number of aromatic nitrogens is 3. The van der Waals surface area contributed by atoms with Gasteiger partial charge in [0.05, 0.1) is 33.6 Å². The van der Waals surface area contributed by atoms with E-state index in [1.54, 1.807) is 11.3 Å². The number of esters is 1. The maximum absolute atomic E-state index is 13.6. The van der Waals surface area contributed by atoms with E-state index >= 15 is 0 Å². The second kappa shape index (κ2) is 13.8. The van der Waals surface area contributed by atoms with E-state index < -0.39 is 17.7 Å². The van der Waals surface area contributed by atoms with Crippen molar-refractivity contribution in [3.63, 3.8) is 0 Å². The molecule has 0 unspecified atom stereocenters. The van der Waals surface area contributed by atoms with Gasteiger partial charge >= 0.3 is 5.97 Å². The van der Waals surface area contributed by atoms with Gasteiger partial charge in [-0.05, 0) is 121 Å². The number of rotatable bonds is 8. The molecule has 2 aliphatic rings. The van der Waals surface area contributed by atoms with Gasteiger partial charge in [-0.3, -0.25) is 9.58 Å². The molecule has 0 saturated carbocycles. The van der Waals surface area contributed by atoms with Gasteiger partial charge in [-0.2, -0.15) is 5.10 Å². The molecule has 0 bridgehead atoms. The van der Waals surface area contributed by atoms with Crippen LogP contribution < -0.4 is 5.32 Å². The molecule has 8 nitrogen and oxygen atoms in total. The van der Waals surface area contributed by atoms with Crippen molar-refractivity contribution in [2.24, 2.45) is 7.05 Å². The number of ether oxygens (including phenoxy) is 2. The highest BCUT2D eigenvalue weighted by atomic mass is 35.5. The van der Waals surface area contributed by atoms with Crippen LogP contribution in [-0.2, 0) is 21.3 Å². The predicted molar refractivity (Wildman–Crippen MR) is 200 cm³/mol. The molecule has 7 rings (SSSR count). The van der Waals surface area contributed by atoms with Crippen molar-refractivity contribution in [1.82, 2.24) is 25.0 Å². The van der Waals surface area contributed by atoms with Crippen molar-refractivity contribution in [2.75, 3.05) is 32.8 Å². The number of thiazole rings is 1. The summed E-state index contributed by atoms with van der Waals surface area (Å²) in [6.07, 6.45) is 2.58. The maximum Gasteiger partial charge on any atom is 0.339 e. The van der Waals surface area contributed by atoms with E-state index in [2.05, 4.69) is 34.5 Å². The highest BCUT2D eigenvalue weighted by Crippen LogP contribution is 2.45. The molecule has 2 aliphatic heterocycles. The van der Waals surface area contributed by atoms with E-state index in [4.69, 9.17) is 31.2 Å². The second-order valence-electron chi connectivity index (χ2n) is 14.4. The normalized spacial score (nSPS) is 18.5. The molecule has 4 heterocycles. The Morgan fingerprint density at radius 1 is 1.08 bits per heavy atom. The Bertz CT molecular complexity index is 1980. The number of benzene rings is 3. The number of hydrogen-bond donors (Lipinski definition) is 1. The topological polar surface area (TPSA) is 81.5 Å². The van der Waals surface area contributed by atoms with Crippen LogP contribution in [0.25, 0.3) is 42.8 Å². The monoisotopic (exact) mass is 699 g/mol. The lowest BCUT2D eigenvalue weighted by molar-refractivity contribution is -0.166. The molecule has 2 atom stereocenters. The number of likely N-dealkylation sites (tertiary alicyclic amines) is 1. The summed E-state index contributed by atoms with van der Waals surface area (Å²) < 4.78 is 15.1. The van der Waals surface area contributed by atoms with Crippen LogP contribution in [0, 0.1) is 6.92 Å². The van der Waals surface area contributed by atoms with Gasteiger partial charge in [-0.25, -0.2) is 9.78 Å². The van der Waals surface area contributed by atoms with E-state index in [9.17, 15) is 4.79 Å². The highest BCUT2D eigenvalue weighted by molar-refractivity contribution is 7.22. The minimum Gasteiger partial charge on any atom is -0.464 e. The minimum atomic E-state index is -0.911. The number of nitrogens with one attached hydrogen (secondary N) is 1. The van der Waals surface area contributed by atoms with Crippen molar-refractivity contribution in [3.8, 4) is 21.7 Å². The van der Waals surface area contributed by atoms with E-state index in [-0.39, 0.29) is 6.61 Å². The predicted octanol–water partition coefficient (Wildman–Crippen LogP) is 8.44. The van der Waals surface area contributed by atoms with Gasteiger partial charge in [0.25, 0.3) is 0 Å². The summed E-state index contributed by atoms with van der Waals surface area (Å²) in [5.41, 5.74) is 7.27. The largest absolute Gasteiger partial charge is 0.464 e. The molecule has 0 spiro atoms. The Morgan fingerprint density at radius 3 is 2.49 bits per heavy atom. The summed E-state index contributed by atoms with van der Waals surface area (Å²) in [5.74, 6) is 0.0319. The SMILES string of the molecule is CCOC(=O)[C@@H](OC(C)(C)C)c1c(C)cc2nc(-c3ccc4c(c3)c(C3CCN([C@@H]5CCNC5)CC3)nn4C)sc2c1-c1ccc(Cl)cc1. The van der Waals surface area contributed by atoms with Gasteiger partial charge in [-0.15, -0.1) is 11.3 Å². The molecule has 2 saturated heterocycles. The van der Waals surface area contributed by atoms with Crippen LogP contribution in [0.2, 0.25) is 5.02 Å². The van der Waals surface area contributed by atoms with Crippen LogP contribution in [0.4, 0.5) is 0 Å². The van der Waals surface area contributed by atoms with Crippen LogP contribution in [0.3, 0.4) is 0 Å². The van der Waals surface area contributed by atoms with E-state index in [1.807, 2.05) is 70.6 Å². The number of carbonyl (C=O) groups is 1. The first kappa shape index (κ1) is 34.1. The van der Waals surface area contributed by atoms with Crippen LogP contribution >= 0.6 is 22.9 Å². The molecular formula is C39H46ClN5O3S. The molecule has 2 fully saturated rings. The molecule has 0 aliphatic carbocycles. The third kappa shape index (κ3) is 6.88. The molecule has 5 aromatic rings. The Hall–Kier alpha value is -3.34. The Morgan fingerprint density at radius 2 is 1.82 bits per heavy atom. The lowest BCUT2D eigenvalue weighted by Crippen LogP contribution is -2.42. The average molecular weight is 700 g/mol. The lowest BCUT2D eigenvalue weighted by atomic mass is 9.90. The van der Waals surface area contributed by atoms with Crippen molar-refractivity contribution in [2.45, 2.75) is 77.5 Å². The number of carbonyl (C=O) groups excluding carboxylic acids is 1. The molecule has 2 aromatic heterocycles. The number of aryl methyl sites for hydroxylation is 2. The lowest BCUT2D eigenvalue weighted by Gasteiger charge is -2.35. The quantitative estimate of drug-likeness (QED) is 0.163. The van der Waals surface area contributed by atoms with Crippen molar-refractivity contribution < 1.29 is 14.3 Å². The standard InChI is InChI=1S/C39H46ClN5O3S/c1-7-47-38(46)35(48-39(3,4)5)32-23(2)20-30-36(33(32)24-8-11-27(40)12-9-24)49-37(42-30)26-10-13-31-29(21-26)34(43-44(31)6)25-15-18-45(19-16-25)28-14-17-41-22-28/h8-13,20-21,25,28,35,41H,7,14-19,22H2,1-6H3/t28-,35+/m1/s1. The van der Waals surface area contributed by atoms with Gasteiger partial charge in [-0.1, -0.05) is 23.7 Å². The van der Waals surface area contributed by atoms with Gasteiger partial charge in [0, 0.05) is 52.7 Å². The van der Waals surface area contributed by atoms with E-state index in [1.165, 1.54) is 17.5 Å². The van der Waals surface area contributed by atoms with Crippen LogP contribution in [0.1, 0.15) is 75.8 Å². The summed E-state index contributed by atoms with van der Waals surface area (Å²) in [6, 6.07) is 17.1. The molecule has 49 heavy (non-hydrogen) atoms. The molecular weight excluding hydrogens is 654 g/mol. The third-order valence-electron chi connectivity index (χ3n) is 9.89. The van der Waals surface area contributed by atoms with Gasteiger partial charge in [0.2, 0.25) is 0 Å². The summed E-state index contributed by atoms with van der Waals surface area (Å²) in [5, 5.41) is 11.4. The van der Waals surface area contributed by atoms with Gasteiger partial charge in [0.1, 0.15) is 5.01 Å². The van der Waals surface area contributed by atoms with E-state index in [0.717, 1.165) is 87.6 Å². The zero-order chi connectivity index (χ0) is 34.4. The zero-order valence-electron chi connectivity index (χ0n) is 29.3. The van der Waals surface area contributed by atoms with Crippen LogP contribution in [0.15, 0.2) is 48.5 Å². The van der Waals surface area contributed by atoms with Crippen LogP contribution in [0.5, 0.6) is 0 Å². The first-order valence-electron chi connectivity index (χ1n) is 17.5. The third-order valence-corrected chi connectivity index (χ3v) is 11.3. The number of fused-ring (bicyclic) bond motifs is 2. The summed E-state index contributed by atoms with van der Waals surface area (Å²) in [7, 11) is 2.05. The average Bonchev–Trinajstić information content (AvgIpc) is 3.83. The summed E-state index contributed by atoms with van der Waals surface area (Å²) in [4.78, 5) is 21.4. The fourth-order valence-corrected chi connectivity index (χ4v) is 8.84. The first-order valence-corrected chi connectivity index (χ1v) is 18.7. The number of hydrogen-bond acceptors (Lipinski definition) is 8. The molecule has 1 N–H and O–H groups in total. The Balaban J connectivity index is 1.32. The van der Waals surface area contributed by atoms with Gasteiger partial charge < -0.3 is 14.8 Å².